The summed E-state index contributed by atoms with van der Waals surface area (Å²) < 4.78 is 0. The summed E-state index contributed by atoms with van der Waals surface area (Å²) in [5.41, 5.74) is 31.8. The normalized spacial score (nSPS) is 11.6. The highest BCUT2D eigenvalue weighted by atomic mass is 14.3. The Hall–Kier alpha value is -14.0. The van der Waals surface area contributed by atoms with Crippen molar-refractivity contribution in [1.82, 2.24) is 0 Å². The van der Waals surface area contributed by atoms with E-state index in [1.807, 2.05) is 48.5 Å². The molecule has 0 spiro atoms. The molecule has 0 aromatic heterocycles. The Bertz CT molecular complexity index is 6590. The summed E-state index contributed by atoms with van der Waals surface area (Å²) in [6.07, 6.45) is 0. The number of nitrogens with zero attached hydrogens (tertiary/aromatic N) is 4. The van der Waals surface area contributed by atoms with Crippen LogP contribution in [0.15, 0.2) is 291 Å². The summed E-state index contributed by atoms with van der Waals surface area (Å²) in [7, 11) is 0. The van der Waals surface area contributed by atoms with Gasteiger partial charge in [-0.1, -0.05) is 194 Å². The van der Waals surface area contributed by atoms with Crippen LogP contribution in [-0.2, 0) is 0 Å². The largest absolute Gasteiger partial charge is 0.192 e. The van der Waals surface area contributed by atoms with E-state index < -0.39 is 0 Å². The van der Waals surface area contributed by atoms with Crippen LogP contribution < -0.4 is 0 Å². The summed E-state index contributed by atoms with van der Waals surface area (Å²) in [5.74, 6) is 0. The van der Waals surface area contributed by atoms with Gasteiger partial charge in [0.2, 0.25) is 0 Å². The molecule has 2 aliphatic carbocycles. The fourth-order valence-electron chi connectivity index (χ4n) is 17.5. The monoisotopic (exact) mass is 1320 g/mol. The van der Waals surface area contributed by atoms with E-state index in [-0.39, 0.29) is 0 Å². The molecule has 0 amide bonds. The van der Waals surface area contributed by atoms with E-state index in [0.29, 0.717) is 22.3 Å². The third-order valence-electron chi connectivity index (χ3n) is 22.3. The van der Waals surface area contributed by atoms with Gasteiger partial charge >= 0.3 is 0 Å². The van der Waals surface area contributed by atoms with Gasteiger partial charge in [-0.15, -0.1) is 0 Å². The first kappa shape index (κ1) is 61.1. The second-order valence-corrected chi connectivity index (χ2v) is 27.9. The van der Waals surface area contributed by atoms with E-state index in [0.717, 1.165) is 44.5 Å². The summed E-state index contributed by atoms with van der Waals surface area (Å²) in [5, 5.41) is 57.6. The van der Waals surface area contributed by atoms with E-state index in [1.165, 1.54) is 175 Å². The first-order valence-electron chi connectivity index (χ1n) is 35.3. The molecule has 2 aliphatic rings. The van der Waals surface area contributed by atoms with E-state index in [4.69, 9.17) is 0 Å². The lowest BCUT2D eigenvalue weighted by Gasteiger charge is -2.17. The Morgan fingerprint density at radius 2 is 0.404 bits per heavy atom. The standard InChI is InChI=1S/2C50H30N2/c1-29-7-5-8-30(2)49(29)39-21-22-40-45-25-46-42(34-19-15-32(28-52)16-20-34)24-43-36-10-4-3-9-35(36)41(33-17-13-31(27-51)14-18-33)23-47(43)48(46)26-44(45)38-12-6-11-37(39)50(38)40;1-29-7-5-8-30(2)49(29)39-21-22-40-45-26-48-46(25-44(45)38-12-6-11-37(39)50(38)40)42(34-19-15-32(28-52)16-20-34)24-43-36-10-4-3-9-35(36)41(23-47(43)48)33-17-13-31(27-51)14-18-33/h2*3-26H,1-2H3. The minimum absolute atomic E-state index is 0.647. The predicted octanol–water partition coefficient (Wildman–Crippen LogP) is 26.6. The smallest absolute Gasteiger partial charge is 0.0991 e. The van der Waals surface area contributed by atoms with Crippen molar-refractivity contribution in [3.05, 3.63) is 336 Å². The molecule has 0 radical (unpaired) electrons. The van der Waals surface area contributed by atoms with Crippen molar-refractivity contribution < 1.29 is 0 Å². The van der Waals surface area contributed by atoms with Crippen molar-refractivity contribution in [3.8, 4) is 136 Å². The zero-order valence-electron chi connectivity index (χ0n) is 57.5. The minimum Gasteiger partial charge on any atom is -0.192 e. The van der Waals surface area contributed by atoms with Gasteiger partial charge in [-0.05, 0) is 344 Å². The molecule has 0 fully saturated rings. The second-order valence-electron chi connectivity index (χ2n) is 27.9. The Morgan fingerprint density at radius 1 is 0.173 bits per heavy atom. The topological polar surface area (TPSA) is 95.2 Å². The molecule has 4 nitrogen and oxygen atoms in total. The van der Waals surface area contributed by atoms with Gasteiger partial charge in [0.25, 0.3) is 0 Å². The Morgan fingerprint density at radius 3 is 0.721 bits per heavy atom. The van der Waals surface area contributed by atoms with Crippen LogP contribution in [0.25, 0.3) is 197 Å². The second kappa shape index (κ2) is 23.8. The third kappa shape index (κ3) is 9.41. The van der Waals surface area contributed by atoms with Crippen LogP contribution in [0.3, 0.4) is 0 Å². The number of benzene rings is 18. The van der Waals surface area contributed by atoms with Gasteiger partial charge in [0, 0.05) is 0 Å². The van der Waals surface area contributed by atoms with E-state index in [1.54, 1.807) is 0 Å². The molecule has 0 saturated heterocycles. The number of rotatable bonds is 6. The molecule has 0 heterocycles. The van der Waals surface area contributed by atoms with Crippen molar-refractivity contribution in [1.29, 1.82) is 21.0 Å². The summed E-state index contributed by atoms with van der Waals surface area (Å²) >= 11 is 0. The van der Waals surface area contributed by atoms with Crippen LogP contribution in [0, 0.1) is 73.0 Å². The maximum atomic E-state index is 9.60. The maximum absolute atomic E-state index is 9.60. The molecule has 480 valence electrons. The fourth-order valence-corrected chi connectivity index (χ4v) is 17.5. The lowest BCUT2D eigenvalue weighted by atomic mass is 9.86. The SMILES string of the molecule is Cc1cccc(C)c1-c1ccc2c3c(cccc13)-c1cc3c(-c4ccc(C#N)cc4)cc4c5ccccc5c(-c5ccc(C#N)cc5)cc4c3cc1-2.Cc1cccc(C)c1-c1ccc2c3c(cccc13)-c1cc3c(cc1-2)c(-c1ccc(C#N)cc1)cc1c2ccccc2c(-c2ccc(C#N)cc2)cc31. The van der Waals surface area contributed by atoms with E-state index in [9.17, 15) is 21.0 Å². The van der Waals surface area contributed by atoms with Crippen LogP contribution in [0.2, 0.25) is 0 Å². The van der Waals surface area contributed by atoms with Gasteiger partial charge in [-0.2, -0.15) is 21.0 Å². The van der Waals surface area contributed by atoms with Gasteiger partial charge in [0.15, 0.2) is 0 Å². The van der Waals surface area contributed by atoms with Gasteiger partial charge in [-0.3, -0.25) is 0 Å². The molecule has 0 atom stereocenters. The lowest BCUT2D eigenvalue weighted by molar-refractivity contribution is 1.38. The lowest BCUT2D eigenvalue weighted by Crippen LogP contribution is -1.91. The maximum Gasteiger partial charge on any atom is 0.0991 e. The van der Waals surface area contributed by atoms with Crippen molar-refractivity contribution in [2.75, 3.05) is 0 Å². The highest BCUT2D eigenvalue weighted by Gasteiger charge is 2.29. The van der Waals surface area contributed by atoms with Crippen LogP contribution >= 0.6 is 0 Å². The molecule has 20 rings (SSSR count). The molecule has 0 N–H and O–H groups in total. The number of nitriles is 4. The summed E-state index contributed by atoms with van der Waals surface area (Å²) in [6.45, 7) is 8.83. The molecule has 0 unspecified atom stereocenters. The fraction of sp³-hybridized carbons (Fsp3) is 0.0400. The molecule has 18 aromatic carbocycles. The van der Waals surface area contributed by atoms with Crippen LogP contribution in [0.5, 0.6) is 0 Å². The third-order valence-corrected chi connectivity index (χ3v) is 22.3. The summed E-state index contributed by atoms with van der Waals surface area (Å²) in [4.78, 5) is 0. The highest BCUT2D eigenvalue weighted by Crippen LogP contribution is 2.56. The number of fused-ring (bicyclic) bond motifs is 16. The molecule has 18 aromatic rings. The molecule has 0 aliphatic heterocycles. The molecule has 104 heavy (non-hydrogen) atoms. The minimum atomic E-state index is 0.647. The first-order valence-corrected chi connectivity index (χ1v) is 35.3. The average molecular weight is 1320 g/mol. The van der Waals surface area contributed by atoms with Gasteiger partial charge < -0.3 is 0 Å². The van der Waals surface area contributed by atoms with Crippen molar-refractivity contribution in [2.24, 2.45) is 0 Å². The van der Waals surface area contributed by atoms with Crippen LogP contribution in [0.4, 0.5) is 0 Å². The number of hydrogen-bond acceptors (Lipinski definition) is 4. The molecule has 4 heteroatoms. The quantitative estimate of drug-likeness (QED) is 0.155. The Kier molecular flexibility index (Phi) is 14.0. The van der Waals surface area contributed by atoms with Crippen molar-refractivity contribution in [3.63, 3.8) is 0 Å². The molecular weight excluding hydrogens is 1260 g/mol. The first-order chi connectivity index (χ1) is 51.0. The molecular formula is C100H60N4. The Balaban J connectivity index is 0.000000143. The Labute approximate surface area is 602 Å². The van der Waals surface area contributed by atoms with Crippen molar-refractivity contribution in [2.45, 2.75) is 27.7 Å². The van der Waals surface area contributed by atoms with Gasteiger partial charge in [0.05, 0.1) is 46.5 Å². The number of hydrogen-bond donors (Lipinski definition) is 0. The van der Waals surface area contributed by atoms with Crippen LogP contribution in [-0.4, -0.2) is 0 Å². The zero-order valence-corrected chi connectivity index (χ0v) is 57.5. The molecule has 0 saturated carbocycles. The zero-order chi connectivity index (χ0) is 70.2. The molecule has 0 bridgehead atoms. The van der Waals surface area contributed by atoms with E-state index >= 15 is 0 Å². The van der Waals surface area contributed by atoms with E-state index in [2.05, 4.69) is 295 Å². The predicted molar refractivity (Wildman–Crippen MR) is 432 cm³/mol. The van der Waals surface area contributed by atoms with Crippen LogP contribution in [0.1, 0.15) is 44.5 Å². The average Bonchev–Trinajstić information content (AvgIpc) is 1.67. The summed E-state index contributed by atoms with van der Waals surface area (Å²) in [6, 6.07) is 113. The highest BCUT2D eigenvalue weighted by molar-refractivity contribution is 6.30. The van der Waals surface area contributed by atoms with Gasteiger partial charge in [-0.25, -0.2) is 0 Å². The van der Waals surface area contributed by atoms with Gasteiger partial charge in [0.1, 0.15) is 0 Å². The number of aryl methyl sites for hydroxylation is 4. The van der Waals surface area contributed by atoms with Crippen molar-refractivity contribution >= 4 is 86.2 Å².